The van der Waals surface area contributed by atoms with Crippen LogP contribution in [0.1, 0.15) is 37.2 Å². The zero-order valence-corrected chi connectivity index (χ0v) is 15.4. The molecule has 25 heavy (non-hydrogen) atoms. The highest BCUT2D eigenvalue weighted by Gasteiger charge is 2.26. The number of rotatable bonds is 6. The smallest absolute Gasteiger partial charge is 0.409 e. The van der Waals surface area contributed by atoms with E-state index in [2.05, 4.69) is 16.8 Å². The maximum absolute atomic E-state index is 12.7. The molecule has 138 valence electrons. The van der Waals surface area contributed by atoms with E-state index in [0.29, 0.717) is 38.5 Å². The van der Waals surface area contributed by atoms with Gasteiger partial charge < -0.3 is 19.4 Å². The summed E-state index contributed by atoms with van der Waals surface area (Å²) in [5.74, 6) is -0.0887. The van der Waals surface area contributed by atoms with Crippen molar-refractivity contribution in [2.45, 2.75) is 26.7 Å². The van der Waals surface area contributed by atoms with Crippen molar-refractivity contribution in [3.05, 3.63) is 24.0 Å². The summed E-state index contributed by atoms with van der Waals surface area (Å²) in [5, 5.41) is 0. The number of carbonyl (C=O) groups is 2. The average molecular weight is 348 g/mol. The van der Waals surface area contributed by atoms with Crippen LogP contribution in [-0.2, 0) is 4.74 Å². The van der Waals surface area contributed by atoms with Crippen molar-refractivity contribution in [2.75, 3.05) is 51.3 Å². The Labute approximate surface area is 149 Å². The minimum Gasteiger partial charge on any atom is -0.450 e. The van der Waals surface area contributed by atoms with E-state index in [1.165, 1.54) is 0 Å². The van der Waals surface area contributed by atoms with Gasteiger partial charge in [-0.1, -0.05) is 13.3 Å². The first-order valence-corrected chi connectivity index (χ1v) is 8.95. The van der Waals surface area contributed by atoms with Crippen molar-refractivity contribution in [3.63, 3.8) is 0 Å². The van der Waals surface area contributed by atoms with E-state index >= 15 is 0 Å². The highest BCUT2D eigenvalue weighted by Crippen LogP contribution is 2.16. The first-order valence-electron chi connectivity index (χ1n) is 8.95. The fraction of sp³-hybridized carbons (Fsp3) is 0.611. The van der Waals surface area contributed by atoms with Crippen molar-refractivity contribution in [2.24, 2.45) is 0 Å². The van der Waals surface area contributed by atoms with Gasteiger partial charge in [-0.2, -0.15) is 0 Å². The molecule has 1 aliphatic heterocycles. The summed E-state index contributed by atoms with van der Waals surface area (Å²) in [6, 6.07) is 3.76. The van der Waals surface area contributed by atoms with Gasteiger partial charge in [0.05, 0.1) is 6.61 Å². The predicted octanol–water partition coefficient (Wildman–Crippen LogP) is 2.23. The zero-order valence-electron chi connectivity index (χ0n) is 15.4. The molecule has 1 aromatic rings. The fourth-order valence-corrected chi connectivity index (χ4v) is 2.77. The van der Waals surface area contributed by atoms with Gasteiger partial charge in [-0.05, 0) is 25.5 Å². The van der Waals surface area contributed by atoms with Gasteiger partial charge in [0.25, 0.3) is 5.91 Å². The summed E-state index contributed by atoms with van der Waals surface area (Å²) >= 11 is 0. The molecule has 0 radical (unpaired) electrons. The molecule has 0 spiro atoms. The second kappa shape index (κ2) is 9.25. The molecule has 1 fully saturated rings. The molecule has 7 heteroatoms. The second-order valence-electron chi connectivity index (χ2n) is 6.15. The molecule has 1 aliphatic rings. The molecular weight excluding hydrogens is 320 g/mol. The van der Waals surface area contributed by atoms with E-state index in [1.807, 2.05) is 19.2 Å². The van der Waals surface area contributed by atoms with Crippen molar-refractivity contribution in [3.8, 4) is 0 Å². The molecule has 1 saturated heterocycles. The number of unbranched alkanes of at least 4 members (excludes halogenated alkanes) is 1. The molecule has 0 bridgehead atoms. The summed E-state index contributed by atoms with van der Waals surface area (Å²) in [5.41, 5.74) is 1.45. The van der Waals surface area contributed by atoms with Gasteiger partial charge in [-0.15, -0.1) is 0 Å². The van der Waals surface area contributed by atoms with E-state index in [4.69, 9.17) is 4.74 Å². The lowest BCUT2D eigenvalue weighted by molar-refractivity contribution is 0.0566. The van der Waals surface area contributed by atoms with Crippen LogP contribution in [0.25, 0.3) is 0 Å². The van der Waals surface area contributed by atoms with Gasteiger partial charge in [0.15, 0.2) is 0 Å². The number of carbonyl (C=O) groups excluding carboxylic acids is 2. The second-order valence-corrected chi connectivity index (χ2v) is 6.15. The van der Waals surface area contributed by atoms with Crippen molar-refractivity contribution in [1.29, 1.82) is 0 Å². The summed E-state index contributed by atoms with van der Waals surface area (Å²) < 4.78 is 5.00. The summed E-state index contributed by atoms with van der Waals surface area (Å²) in [6.07, 6.45) is 3.61. The maximum Gasteiger partial charge on any atom is 0.409 e. The standard InChI is InChI=1S/C18H28N4O3/c1-4-6-9-20(3)15-7-8-19-16(14-15)17(23)21-10-12-22(13-11-21)18(24)25-5-2/h7-8,14H,4-6,9-13H2,1-3H3. The van der Waals surface area contributed by atoms with E-state index in [9.17, 15) is 9.59 Å². The Morgan fingerprint density at radius 3 is 2.52 bits per heavy atom. The van der Waals surface area contributed by atoms with Gasteiger partial charge in [-0.25, -0.2) is 4.79 Å². The summed E-state index contributed by atoms with van der Waals surface area (Å²) in [4.78, 5) is 34.2. The number of anilines is 1. The molecule has 1 aromatic heterocycles. The molecule has 2 heterocycles. The molecule has 0 saturated carbocycles. The minimum absolute atomic E-state index is 0.0887. The lowest BCUT2D eigenvalue weighted by atomic mass is 10.2. The summed E-state index contributed by atoms with van der Waals surface area (Å²) in [7, 11) is 2.03. The Bertz CT molecular complexity index is 585. The maximum atomic E-state index is 12.7. The lowest BCUT2D eigenvalue weighted by Crippen LogP contribution is -2.50. The van der Waals surface area contributed by atoms with Crippen LogP contribution >= 0.6 is 0 Å². The topological polar surface area (TPSA) is 66.0 Å². The number of piperazine rings is 1. The molecule has 2 rings (SSSR count). The third kappa shape index (κ3) is 5.08. The lowest BCUT2D eigenvalue weighted by Gasteiger charge is -2.34. The first-order chi connectivity index (χ1) is 12.1. The number of ether oxygens (including phenoxy) is 1. The molecule has 0 atom stereocenters. The summed E-state index contributed by atoms with van der Waals surface area (Å²) in [6.45, 7) is 7.22. The van der Waals surface area contributed by atoms with Gasteiger partial charge in [0.2, 0.25) is 0 Å². The number of pyridine rings is 1. The third-order valence-corrected chi connectivity index (χ3v) is 4.34. The van der Waals surface area contributed by atoms with Crippen LogP contribution in [0.3, 0.4) is 0 Å². The normalized spacial score (nSPS) is 14.4. The van der Waals surface area contributed by atoms with Crippen LogP contribution in [0, 0.1) is 0 Å². The van der Waals surface area contributed by atoms with Gasteiger partial charge >= 0.3 is 6.09 Å². The van der Waals surface area contributed by atoms with E-state index < -0.39 is 0 Å². The number of amides is 2. The van der Waals surface area contributed by atoms with Crippen LogP contribution in [0.4, 0.5) is 10.5 Å². The highest BCUT2D eigenvalue weighted by molar-refractivity contribution is 5.93. The first kappa shape index (κ1) is 19.0. The van der Waals surface area contributed by atoms with Crippen LogP contribution in [0.2, 0.25) is 0 Å². The van der Waals surface area contributed by atoms with Crippen molar-refractivity contribution >= 4 is 17.7 Å². The Morgan fingerprint density at radius 1 is 1.20 bits per heavy atom. The highest BCUT2D eigenvalue weighted by atomic mass is 16.6. The Kier molecular flexibility index (Phi) is 7.03. The molecule has 7 nitrogen and oxygen atoms in total. The predicted molar refractivity (Wildman–Crippen MR) is 96.9 cm³/mol. The SMILES string of the molecule is CCCCN(C)c1ccnc(C(=O)N2CCN(C(=O)OCC)CC2)c1. The Balaban J connectivity index is 1.96. The van der Waals surface area contributed by atoms with E-state index in [0.717, 1.165) is 25.1 Å². The van der Waals surface area contributed by atoms with E-state index in [-0.39, 0.29) is 12.0 Å². The van der Waals surface area contributed by atoms with Crippen molar-refractivity contribution in [1.82, 2.24) is 14.8 Å². The number of aromatic nitrogens is 1. The Morgan fingerprint density at radius 2 is 1.88 bits per heavy atom. The molecule has 2 amide bonds. The van der Waals surface area contributed by atoms with Crippen LogP contribution in [0.15, 0.2) is 18.3 Å². The van der Waals surface area contributed by atoms with Crippen LogP contribution in [0.5, 0.6) is 0 Å². The minimum atomic E-state index is -0.313. The molecular formula is C18H28N4O3. The fourth-order valence-electron chi connectivity index (χ4n) is 2.77. The average Bonchev–Trinajstić information content (AvgIpc) is 2.66. The quantitative estimate of drug-likeness (QED) is 0.789. The Hall–Kier alpha value is -2.31. The largest absolute Gasteiger partial charge is 0.450 e. The number of hydrogen-bond donors (Lipinski definition) is 0. The zero-order chi connectivity index (χ0) is 18.2. The van der Waals surface area contributed by atoms with Gasteiger partial charge in [0, 0.05) is 51.7 Å². The van der Waals surface area contributed by atoms with Crippen molar-refractivity contribution < 1.29 is 14.3 Å². The molecule has 0 unspecified atom stereocenters. The van der Waals surface area contributed by atoms with Crippen LogP contribution in [-0.4, -0.2) is 73.2 Å². The monoisotopic (exact) mass is 348 g/mol. The molecule has 0 N–H and O–H groups in total. The number of nitrogens with zero attached hydrogens (tertiary/aromatic N) is 4. The van der Waals surface area contributed by atoms with Gasteiger partial charge in [-0.3, -0.25) is 9.78 Å². The van der Waals surface area contributed by atoms with Gasteiger partial charge in [0.1, 0.15) is 5.69 Å². The molecule has 0 aliphatic carbocycles. The molecule has 0 aromatic carbocycles. The number of hydrogen-bond acceptors (Lipinski definition) is 5. The third-order valence-electron chi connectivity index (χ3n) is 4.34. The van der Waals surface area contributed by atoms with E-state index in [1.54, 1.807) is 22.9 Å². The van der Waals surface area contributed by atoms with Crippen LogP contribution < -0.4 is 4.90 Å².